The van der Waals surface area contributed by atoms with Crippen LogP contribution >= 0.6 is 0 Å². The van der Waals surface area contributed by atoms with Crippen LogP contribution < -0.4 is 14.4 Å². The van der Waals surface area contributed by atoms with Crippen molar-refractivity contribution in [2.24, 2.45) is 0 Å². The Morgan fingerprint density at radius 1 is 0.429 bits per heavy atom. The van der Waals surface area contributed by atoms with E-state index in [-0.39, 0.29) is 11.5 Å². The average molecular weight is 823 g/mol. The van der Waals surface area contributed by atoms with Gasteiger partial charge in [0.25, 0.3) is 0 Å². The highest BCUT2D eigenvalue weighted by atomic mass is 16.5. The van der Waals surface area contributed by atoms with Crippen molar-refractivity contribution in [1.29, 1.82) is 0 Å². The van der Waals surface area contributed by atoms with Crippen molar-refractivity contribution in [1.82, 2.24) is 4.57 Å². The summed E-state index contributed by atoms with van der Waals surface area (Å²) in [6, 6.07) is 56.2. The van der Waals surface area contributed by atoms with Gasteiger partial charge in [-0.05, 0) is 110 Å². The van der Waals surface area contributed by atoms with E-state index in [9.17, 15) is 10.2 Å². The summed E-state index contributed by atoms with van der Waals surface area (Å²) in [6.07, 6.45) is 10.4. The molecule has 0 spiro atoms. The van der Waals surface area contributed by atoms with Gasteiger partial charge in [-0.15, -0.1) is 0 Å². The summed E-state index contributed by atoms with van der Waals surface area (Å²) in [5.41, 5.74) is 10.5. The van der Waals surface area contributed by atoms with Gasteiger partial charge in [-0.1, -0.05) is 127 Å². The van der Waals surface area contributed by atoms with Crippen LogP contribution in [0.15, 0.2) is 194 Å². The number of rotatable bonds is 8. The summed E-state index contributed by atoms with van der Waals surface area (Å²) in [6.45, 7) is 4.71. The maximum Gasteiger partial charge on any atom is 0.169 e. The van der Waals surface area contributed by atoms with E-state index in [2.05, 4.69) is 83.2 Å². The van der Waals surface area contributed by atoms with Crippen molar-refractivity contribution in [3.05, 3.63) is 211 Å². The Balaban J connectivity index is 1.01. The first kappa shape index (κ1) is 39.2. The fraction of sp³-hybridized carbons (Fsp3) is 0.0877. The molecule has 9 aromatic rings. The van der Waals surface area contributed by atoms with Gasteiger partial charge in [-0.3, -0.25) is 0 Å². The number of phenolic OH excluding ortho intramolecular Hbond substituents is 2. The van der Waals surface area contributed by atoms with Crippen LogP contribution in [0.2, 0.25) is 0 Å². The standard InChI is InChI=1S/C57H46N2O4/c1-38-34-45(56(60)50(36-38)58-33-19-5-3-4-6-20-40-21-7-12-26-47(40)58)43-24-10-15-29-52(43)62-54-31-17-18-32-55(54)63-53-30-16-11-25-44(53)46-35-39(2)37-51(57(46)61)59-48-27-13-8-22-41(48)42-23-9-14-28-49(42)59/h4-19,21-32,34-37,60-61H,3,20,33H2,1-2H3/b6-4-,19-5-. The predicted octanol–water partition coefficient (Wildman–Crippen LogP) is 14.9. The minimum atomic E-state index is 0.150. The summed E-state index contributed by atoms with van der Waals surface area (Å²) in [4.78, 5) is 2.19. The number of fused-ring (bicyclic) bond motifs is 4. The number of aromatic hydroxyl groups is 2. The highest BCUT2D eigenvalue weighted by molar-refractivity contribution is 6.09. The lowest BCUT2D eigenvalue weighted by molar-refractivity contribution is 0.419. The molecule has 0 amide bonds. The van der Waals surface area contributed by atoms with E-state index >= 15 is 0 Å². The number of allylic oxidation sites excluding steroid dienone is 3. The second kappa shape index (κ2) is 16.8. The third kappa shape index (κ3) is 7.46. The van der Waals surface area contributed by atoms with Crippen LogP contribution in [0.1, 0.15) is 23.1 Å². The lowest BCUT2D eigenvalue weighted by atomic mass is 9.98. The second-order valence-corrected chi connectivity index (χ2v) is 16.0. The normalized spacial score (nSPS) is 13.7. The second-order valence-electron chi connectivity index (χ2n) is 16.0. The number of ether oxygens (including phenoxy) is 2. The molecular weight excluding hydrogens is 777 g/mol. The molecule has 1 aromatic heterocycles. The van der Waals surface area contributed by atoms with Gasteiger partial charge < -0.3 is 29.2 Å². The zero-order valence-corrected chi connectivity index (χ0v) is 35.2. The van der Waals surface area contributed by atoms with E-state index in [1.54, 1.807) is 0 Å². The Bertz CT molecular complexity index is 3180. The largest absolute Gasteiger partial charge is 0.505 e. The highest BCUT2D eigenvalue weighted by Gasteiger charge is 2.23. The summed E-state index contributed by atoms with van der Waals surface area (Å²) in [5.74, 6) is 2.43. The first-order chi connectivity index (χ1) is 30.9. The van der Waals surface area contributed by atoms with Gasteiger partial charge in [0, 0.05) is 45.3 Å². The molecule has 0 atom stereocenters. The van der Waals surface area contributed by atoms with Gasteiger partial charge in [-0.2, -0.15) is 0 Å². The van der Waals surface area contributed by atoms with E-state index in [0.29, 0.717) is 46.4 Å². The summed E-state index contributed by atoms with van der Waals surface area (Å²) in [7, 11) is 0. The molecule has 1 aliphatic rings. The maximum absolute atomic E-state index is 12.3. The lowest BCUT2D eigenvalue weighted by Crippen LogP contribution is -2.19. The molecule has 8 aromatic carbocycles. The summed E-state index contributed by atoms with van der Waals surface area (Å²) < 4.78 is 15.7. The van der Waals surface area contributed by atoms with Crippen LogP contribution in [0.5, 0.6) is 34.5 Å². The maximum atomic E-state index is 12.3. The molecule has 2 N–H and O–H groups in total. The minimum absolute atomic E-state index is 0.150. The number of phenols is 2. The molecule has 0 unspecified atom stereocenters. The zero-order chi connectivity index (χ0) is 42.9. The smallest absolute Gasteiger partial charge is 0.169 e. The van der Waals surface area contributed by atoms with Crippen molar-refractivity contribution < 1.29 is 19.7 Å². The molecule has 6 nitrogen and oxygen atoms in total. The Morgan fingerprint density at radius 3 is 1.52 bits per heavy atom. The van der Waals surface area contributed by atoms with Gasteiger partial charge >= 0.3 is 0 Å². The van der Waals surface area contributed by atoms with Crippen LogP contribution in [0, 0.1) is 13.8 Å². The van der Waals surface area contributed by atoms with Crippen LogP contribution in [0.3, 0.4) is 0 Å². The first-order valence-corrected chi connectivity index (χ1v) is 21.4. The van der Waals surface area contributed by atoms with E-state index < -0.39 is 0 Å². The molecule has 0 aliphatic carbocycles. The zero-order valence-electron chi connectivity index (χ0n) is 35.2. The third-order valence-electron chi connectivity index (χ3n) is 11.7. The Morgan fingerprint density at radius 2 is 0.905 bits per heavy atom. The van der Waals surface area contributed by atoms with Gasteiger partial charge in [0.2, 0.25) is 0 Å². The molecule has 1 aliphatic heterocycles. The van der Waals surface area contributed by atoms with Gasteiger partial charge in [0.05, 0.1) is 22.4 Å². The number of hydrogen-bond acceptors (Lipinski definition) is 5. The first-order valence-electron chi connectivity index (χ1n) is 21.4. The van der Waals surface area contributed by atoms with Gasteiger partial charge in [0.15, 0.2) is 11.5 Å². The van der Waals surface area contributed by atoms with E-state index in [1.807, 2.05) is 134 Å². The number of nitrogens with zero attached hydrogens (tertiary/aromatic N) is 2. The molecule has 63 heavy (non-hydrogen) atoms. The van der Waals surface area contributed by atoms with Crippen molar-refractivity contribution in [3.8, 4) is 62.4 Å². The van der Waals surface area contributed by atoms with Crippen molar-refractivity contribution in [3.63, 3.8) is 0 Å². The molecule has 0 bridgehead atoms. The molecule has 6 heteroatoms. The Hall–Kier alpha value is -7.96. The van der Waals surface area contributed by atoms with Crippen LogP contribution in [0.25, 0.3) is 49.7 Å². The Labute approximate surface area is 367 Å². The fourth-order valence-corrected chi connectivity index (χ4v) is 8.83. The van der Waals surface area contributed by atoms with Gasteiger partial charge in [0.1, 0.15) is 23.0 Å². The summed E-state index contributed by atoms with van der Waals surface area (Å²) >= 11 is 0. The molecule has 0 saturated carbocycles. The number of para-hydroxylation sites is 7. The quantitative estimate of drug-likeness (QED) is 0.149. The Kier molecular flexibility index (Phi) is 10.5. The molecule has 10 rings (SSSR count). The van der Waals surface area contributed by atoms with E-state index in [0.717, 1.165) is 68.3 Å². The number of anilines is 2. The molecule has 308 valence electrons. The highest BCUT2D eigenvalue weighted by Crippen LogP contribution is 2.48. The lowest BCUT2D eigenvalue weighted by Gasteiger charge is -2.28. The topological polar surface area (TPSA) is 67.1 Å². The predicted molar refractivity (Wildman–Crippen MR) is 258 cm³/mol. The number of benzene rings is 8. The number of hydrogen-bond donors (Lipinski definition) is 2. The third-order valence-corrected chi connectivity index (χ3v) is 11.7. The van der Waals surface area contributed by atoms with Crippen LogP contribution in [-0.2, 0) is 6.42 Å². The van der Waals surface area contributed by atoms with Crippen LogP contribution in [0.4, 0.5) is 11.4 Å². The van der Waals surface area contributed by atoms with E-state index in [1.165, 1.54) is 5.56 Å². The molecule has 0 fully saturated rings. The monoisotopic (exact) mass is 822 g/mol. The molecule has 0 radical (unpaired) electrons. The molecule has 2 heterocycles. The van der Waals surface area contributed by atoms with E-state index in [4.69, 9.17) is 9.47 Å². The van der Waals surface area contributed by atoms with Crippen molar-refractivity contribution in [2.45, 2.75) is 26.7 Å². The number of aromatic nitrogens is 1. The van der Waals surface area contributed by atoms with Crippen molar-refractivity contribution in [2.75, 3.05) is 11.4 Å². The SMILES string of the molecule is Cc1cc(-c2ccccc2Oc2ccccc2Oc2ccccc2-c2cc(C)cc(-n3c4ccccc4c4ccccc43)c2O)c(O)c(N2C/C=C\C/C=C\Cc3ccccc32)c1. The minimum Gasteiger partial charge on any atom is -0.505 e. The van der Waals surface area contributed by atoms with Crippen molar-refractivity contribution >= 4 is 33.2 Å². The molecule has 0 saturated heterocycles. The average Bonchev–Trinajstić information content (AvgIpc) is 3.64. The number of aryl methyl sites for hydroxylation is 2. The van der Waals surface area contributed by atoms with Crippen LogP contribution in [-0.4, -0.2) is 21.3 Å². The summed E-state index contributed by atoms with van der Waals surface area (Å²) in [5, 5.41) is 26.7. The fourth-order valence-electron chi connectivity index (χ4n) is 8.83. The van der Waals surface area contributed by atoms with Gasteiger partial charge in [-0.25, -0.2) is 0 Å². The molecular formula is C57H46N2O4.